The number of aryl methyl sites for hydroxylation is 1. The van der Waals surface area contributed by atoms with E-state index in [2.05, 4.69) is 35.5 Å². The van der Waals surface area contributed by atoms with Crippen molar-refractivity contribution in [3.8, 4) is 0 Å². The van der Waals surface area contributed by atoms with E-state index >= 15 is 0 Å². The van der Waals surface area contributed by atoms with Crippen LogP contribution in [-0.2, 0) is 11.3 Å². The molecule has 0 saturated heterocycles. The molecule has 1 aromatic heterocycles. The van der Waals surface area contributed by atoms with E-state index in [0.717, 1.165) is 11.4 Å². The van der Waals surface area contributed by atoms with Gasteiger partial charge in [-0.2, -0.15) is 0 Å². The van der Waals surface area contributed by atoms with E-state index < -0.39 is 5.97 Å². The molecule has 140 valence electrons. The summed E-state index contributed by atoms with van der Waals surface area (Å²) in [5.41, 5.74) is 3.45. The van der Waals surface area contributed by atoms with Gasteiger partial charge in [0.25, 0.3) is 0 Å². The number of quaternary nitrogens is 1. The van der Waals surface area contributed by atoms with Crippen molar-refractivity contribution in [1.82, 2.24) is 4.98 Å². The first kappa shape index (κ1) is 20.3. The number of benzene rings is 1. The van der Waals surface area contributed by atoms with Crippen LogP contribution in [-0.4, -0.2) is 43.2 Å². The third kappa shape index (κ3) is 4.19. The molecule has 2 atom stereocenters. The highest BCUT2D eigenvalue weighted by Gasteiger charge is 2.29. The minimum absolute atomic E-state index is 0.000938. The van der Waals surface area contributed by atoms with Crippen molar-refractivity contribution in [1.29, 1.82) is 0 Å². The van der Waals surface area contributed by atoms with Gasteiger partial charge in [-0.25, -0.2) is 4.79 Å². The van der Waals surface area contributed by atoms with Crippen molar-refractivity contribution in [2.24, 2.45) is 0 Å². The molecule has 1 heterocycles. The van der Waals surface area contributed by atoms with Crippen molar-refractivity contribution < 1.29 is 19.2 Å². The fraction of sp³-hybridized carbons (Fsp3) is 0.400. The van der Waals surface area contributed by atoms with Crippen LogP contribution in [0, 0.1) is 13.8 Å². The van der Waals surface area contributed by atoms with Crippen molar-refractivity contribution in [2.45, 2.75) is 38.3 Å². The van der Waals surface area contributed by atoms with Crippen molar-refractivity contribution >= 4 is 23.5 Å². The monoisotopic (exact) mass is 375 g/mol. The first-order chi connectivity index (χ1) is 12.3. The van der Waals surface area contributed by atoms with E-state index in [4.69, 9.17) is 4.74 Å². The number of methoxy groups -OCH3 is 1. The first-order valence-electron chi connectivity index (χ1n) is 8.57. The lowest BCUT2D eigenvalue weighted by molar-refractivity contribution is -0.907. The van der Waals surface area contributed by atoms with E-state index in [0.29, 0.717) is 22.5 Å². The topological polar surface area (TPSA) is 63.6 Å². The number of hydrogen-bond acceptors (Lipinski definition) is 4. The van der Waals surface area contributed by atoms with Crippen LogP contribution < -0.4 is 4.90 Å². The van der Waals surface area contributed by atoms with Crippen molar-refractivity contribution in [2.75, 3.05) is 20.4 Å². The Bertz CT molecular complexity index is 796. The minimum atomic E-state index is -0.419. The quantitative estimate of drug-likeness (QED) is 0.443. The van der Waals surface area contributed by atoms with Gasteiger partial charge < -0.3 is 14.6 Å². The smallest absolute Gasteiger partial charge is 0.339 e. The SMILES string of the molecule is COC(=O)c1c(C)[nH]c(C(=O)[C@H](C)[NH+](C)Cc2ccc(SC)cc2)c1C. The van der Waals surface area contributed by atoms with E-state index in [-0.39, 0.29) is 11.8 Å². The minimum Gasteiger partial charge on any atom is -0.465 e. The summed E-state index contributed by atoms with van der Waals surface area (Å²) in [7, 11) is 3.36. The average Bonchev–Trinajstić information content (AvgIpc) is 2.94. The van der Waals surface area contributed by atoms with Gasteiger partial charge >= 0.3 is 5.97 Å². The second kappa shape index (κ2) is 8.56. The zero-order valence-corrected chi connectivity index (χ0v) is 17.0. The third-order valence-electron chi connectivity index (χ3n) is 4.85. The van der Waals surface area contributed by atoms with Gasteiger partial charge in [0.1, 0.15) is 6.54 Å². The number of aromatic nitrogens is 1. The van der Waals surface area contributed by atoms with Crippen LogP contribution in [0.2, 0.25) is 0 Å². The Morgan fingerprint density at radius 2 is 1.85 bits per heavy atom. The zero-order valence-electron chi connectivity index (χ0n) is 16.2. The second-order valence-corrected chi connectivity index (χ2v) is 7.45. The summed E-state index contributed by atoms with van der Waals surface area (Å²) in [6.07, 6.45) is 2.05. The predicted molar refractivity (Wildman–Crippen MR) is 104 cm³/mol. The average molecular weight is 376 g/mol. The molecule has 0 aliphatic rings. The number of Topliss-reactive ketones (excluding diaryl/α,β-unsaturated/α-hetero) is 1. The van der Waals surface area contributed by atoms with Crippen LogP contribution >= 0.6 is 11.8 Å². The van der Waals surface area contributed by atoms with E-state index in [1.54, 1.807) is 25.6 Å². The molecule has 0 aliphatic heterocycles. The normalized spacial score (nSPS) is 13.3. The van der Waals surface area contributed by atoms with Gasteiger partial charge in [-0.1, -0.05) is 12.1 Å². The van der Waals surface area contributed by atoms with Crippen LogP contribution in [0.1, 0.15) is 44.6 Å². The van der Waals surface area contributed by atoms with Gasteiger partial charge in [-0.05, 0) is 44.7 Å². The summed E-state index contributed by atoms with van der Waals surface area (Å²) in [4.78, 5) is 30.3. The predicted octanol–water partition coefficient (Wildman–Crippen LogP) is 2.43. The second-order valence-electron chi connectivity index (χ2n) is 6.57. The summed E-state index contributed by atoms with van der Waals surface area (Å²) < 4.78 is 4.82. The van der Waals surface area contributed by atoms with Gasteiger partial charge in [-0.15, -0.1) is 11.8 Å². The Hall–Kier alpha value is -2.05. The van der Waals surface area contributed by atoms with Crippen LogP contribution in [0.3, 0.4) is 0 Å². The number of carbonyl (C=O) groups is 2. The number of ether oxygens (including phenoxy) is 1. The number of thioether (sulfide) groups is 1. The highest BCUT2D eigenvalue weighted by atomic mass is 32.2. The zero-order chi connectivity index (χ0) is 19.4. The largest absolute Gasteiger partial charge is 0.465 e. The molecular formula is C20H27N2O3S+. The van der Waals surface area contributed by atoms with Crippen LogP contribution in [0.25, 0.3) is 0 Å². The lowest BCUT2D eigenvalue weighted by Gasteiger charge is -2.21. The maximum atomic E-state index is 13.0. The van der Waals surface area contributed by atoms with E-state index in [1.807, 2.05) is 14.0 Å². The molecule has 0 saturated carbocycles. The van der Waals surface area contributed by atoms with Crippen molar-refractivity contribution in [3.63, 3.8) is 0 Å². The number of nitrogens with one attached hydrogen (secondary N) is 2. The molecule has 1 aromatic carbocycles. The highest BCUT2D eigenvalue weighted by Crippen LogP contribution is 2.20. The maximum Gasteiger partial charge on any atom is 0.339 e. The number of aromatic amines is 1. The Morgan fingerprint density at radius 1 is 1.23 bits per heavy atom. The summed E-state index contributed by atoms with van der Waals surface area (Å²) >= 11 is 1.71. The molecule has 2 N–H and O–H groups in total. The molecule has 6 heteroatoms. The van der Waals surface area contributed by atoms with Gasteiger partial charge in [0.15, 0.2) is 6.04 Å². The Morgan fingerprint density at radius 3 is 2.38 bits per heavy atom. The lowest BCUT2D eigenvalue weighted by Crippen LogP contribution is -3.12. The number of hydrogen-bond donors (Lipinski definition) is 2. The molecule has 0 fully saturated rings. The molecule has 0 radical (unpaired) electrons. The molecule has 0 spiro atoms. The number of ketones is 1. The standard InChI is InChI=1S/C20H26N2O3S/c1-12-17(20(24)25-5)13(2)21-18(12)19(23)14(3)22(4)11-15-7-9-16(26-6)10-8-15/h7-10,14,21H,11H2,1-6H3/p+1/t14-/m0/s1. The van der Waals surface area contributed by atoms with Gasteiger partial charge in [-0.3, -0.25) is 4.79 Å². The Balaban J connectivity index is 2.16. The number of rotatable bonds is 7. The van der Waals surface area contributed by atoms with Crippen LogP contribution in [0.4, 0.5) is 0 Å². The first-order valence-corrected chi connectivity index (χ1v) is 9.79. The maximum absolute atomic E-state index is 13.0. The number of esters is 1. The number of H-pyrrole nitrogens is 1. The third-order valence-corrected chi connectivity index (χ3v) is 5.59. The molecule has 1 unspecified atom stereocenters. The summed E-state index contributed by atoms with van der Waals surface area (Å²) in [5.74, 6) is -0.420. The molecule has 0 bridgehead atoms. The molecule has 0 amide bonds. The van der Waals surface area contributed by atoms with Crippen LogP contribution in [0.15, 0.2) is 29.2 Å². The molecule has 26 heavy (non-hydrogen) atoms. The molecule has 5 nitrogen and oxygen atoms in total. The Labute approximate surface area is 159 Å². The van der Waals surface area contributed by atoms with E-state index in [9.17, 15) is 9.59 Å². The highest BCUT2D eigenvalue weighted by molar-refractivity contribution is 7.98. The fourth-order valence-electron chi connectivity index (χ4n) is 3.06. The number of carbonyl (C=O) groups excluding carboxylic acids is 2. The fourth-order valence-corrected chi connectivity index (χ4v) is 3.47. The van der Waals surface area contributed by atoms with E-state index in [1.165, 1.54) is 17.6 Å². The van der Waals surface area contributed by atoms with Gasteiger partial charge in [0.2, 0.25) is 5.78 Å². The molecule has 2 rings (SSSR count). The summed E-state index contributed by atoms with van der Waals surface area (Å²) in [6, 6.07) is 8.16. The van der Waals surface area contributed by atoms with Crippen LogP contribution in [0.5, 0.6) is 0 Å². The Kier molecular flexibility index (Phi) is 6.67. The van der Waals surface area contributed by atoms with Crippen molar-refractivity contribution in [3.05, 3.63) is 52.3 Å². The lowest BCUT2D eigenvalue weighted by atomic mass is 10.0. The molecule has 0 aliphatic carbocycles. The molecule has 2 aromatic rings. The summed E-state index contributed by atoms with van der Waals surface area (Å²) in [5, 5.41) is 0. The summed E-state index contributed by atoms with van der Waals surface area (Å²) in [6.45, 7) is 6.24. The number of likely N-dealkylation sites (N-methyl/N-ethyl adjacent to an activating group) is 1. The van der Waals surface area contributed by atoms with Gasteiger partial charge in [0.05, 0.1) is 25.4 Å². The molecular weight excluding hydrogens is 348 g/mol. The van der Waals surface area contributed by atoms with Gasteiger partial charge in [0, 0.05) is 16.2 Å².